The number of piperidine rings is 1. The van der Waals surface area contributed by atoms with Crippen molar-refractivity contribution in [2.75, 3.05) is 44.2 Å². The monoisotopic (exact) mass is 492 g/mol. The highest BCUT2D eigenvalue weighted by Crippen LogP contribution is 2.28. The summed E-state index contributed by atoms with van der Waals surface area (Å²) in [6.07, 6.45) is 12.8. The number of piperazine rings is 1. The molecule has 0 radical (unpaired) electrons. The van der Waals surface area contributed by atoms with Crippen molar-refractivity contribution in [3.05, 3.63) is 47.9 Å². The molecule has 1 aromatic rings. The van der Waals surface area contributed by atoms with E-state index in [1.54, 1.807) is 28.3 Å². The van der Waals surface area contributed by atoms with Gasteiger partial charge in [-0.25, -0.2) is 4.99 Å². The van der Waals surface area contributed by atoms with Gasteiger partial charge in [0.1, 0.15) is 24.2 Å². The smallest absolute Gasteiger partial charge is 0.255 e. The summed E-state index contributed by atoms with van der Waals surface area (Å²) in [5.41, 5.74) is 7.01. The van der Waals surface area contributed by atoms with Crippen LogP contribution in [0.5, 0.6) is 5.75 Å². The van der Waals surface area contributed by atoms with Crippen molar-refractivity contribution in [1.29, 1.82) is 0 Å². The highest BCUT2D eigenvalue weighted by Gasteiger charge is 2.31. The van der Waals surface area contributed by atoms with Crippen molar-refractivity contribution >= 4 is 23.7 Å². The highest BCUT2D eigenvalue weighted by molar-refractivity contribution is 6.02. The first kappa shape index (κ1) is 24.5. The molecule has 0 unspecified atom stereocenters. The minimum atomic E-state index is -0.261. The van der Waals surface area contributed by atoms with E-state index in [1.807, 2.05) is 24.3 Å². The number of allylic oxidation sites excluding steroid dienone is 1. The largest absolute Gasteiger partial charge is 0.490 e. The number of nitrogens with zero attached hydrogens (tertiary/aromatic N) is 4. The third-order valence-corrected chi connectivity index (χ3v) is 7.63. The second kappa shape index (κ2) is 11.3. The summed E-state index contributed by atoms with van der Waals surface area (Å²) < 4.78 is 6.26. The van der Waals surface area contributed by atoms with Crippen LogP contribution in [0.2, 0.25) is 0 Å². The number of aliphatic imine (C=N–C) groups is 1. The van der Waals surface area contributed by atoms with Crippen LogP contribution in [0.25, 0.3) is 0 Å². The Kier molecular flexibility index (Phi) is 7.67. The molecule has 0 atom stereocenters. The Hall–Kier alpha value is -3.17. The van der Waals surface area contributed by atoms with Crippen LogP contribution in [0.4, 0.5) is 5.69 Å². The molecule has 1 aliphatic carbocycles. The standard InChI is InChI=1S/C27H36N6O3/c28-18-24(26-29-12-3-13-30-26)27(35)32-16-17-33(25(34)19-32)21-6-8-22(9-7-21)36-23-10-14-31(15-11-23)20-4-1-2-5-20/h3,6-9,12-13,20,23,29H,1-2,4-5,10-11,14-19,28H2/b26-24-. The number of carbonyl (C=O) groups excluding carboxylic acids is 2. The zero-order valence-corrected chi connectivity index (χ0v) is 20.8. The summed E-state index contributed by atoms with van der Waals surface area (Å²) in [4.78, 5) is 36.0. The molecule has 3 fully saturated rings. The number of ether oxygens (including phenoxy) is 1. The summed E-state index contributed by atoms with van der Waals surface area (Å²) >= 11 is 0. The van der Waals surface area contributed by atoms with Crippen LogP contribution in [0.3, 0.4) is 0 Å². The van der Waals surface area contributed by atoms with Gasteiger partial charge in [-0.3, -0.25) is 9.59 Å². The molecular formula is C27H36N6O3. The van der Waals surface area contributed by atoms with E-state index in [1.165, 1.54) is 25.7 Å². The number of nitrogens with two attached hydrogens (primary N) is 1. The predicted octanol–water partition coefficient (Wildman–Crippen LogP) is 2.01. The number of rotatable bonds is 6. The molecule has 9 heteroatoms. The van der Waals surface area contributed by atoms with Gasteiger partial charge in [0.25, 0.3) is 5.91 Å². The Balaban J connectivity index is 1.13. The molecule has 0 spiro atoms. The lowest BCUT2D eigenvalue weighted by Crippen LogP contribution is -2.53. The number of likely N-dealkylation sites (tertiary alicyclic amines) is 1. The summed E-state index contributed by atoms with van der Waals surface area (Å²) in [5.74, 6) is 0.889. The molecule has 5 rings (SSSR count). The highest BCUT2D eigenvalue weighted by atomic mass is 16.5. The minimum absolute atomic E-state index is 0.00693. The Morgan fingerprint density at radius 1 is 1.06 bits per heavy atom. The van der Waals surface area contributed by atoms with Gasteiger partial charge < -0.3 is 30.5 Å². The maximum atomic E-state index is 13.0. The molecule has 4 aliphatic rings. The van der Waals surface area contributed by atoms with Crippen molar-refractivity contribution < 1.29 is 14.3 Å². The van der Waals surface area contributed by atoms with E-state index in [9.17, 15) is 9.59 Å². The number of hydrogen-bond acceptors (Lipinski definition) is 7. The molecule has 36 heavy (non-hydrogen) atoms. The fourth-order valence-corrected chi connectivity index (χ4v) is 5.61. The van der Waals surface area contributed by atoms with Crippen molar-refractivity contribution in [3.63, 3.8) is 0 Å². The fraction of sp³-hybridized carbons (Fsp3) is 0.519. The van der Waals surface area contributed by atoms with E-state index in [2.05, 4.69) is 15.2 Å². The quantitative estimate of drug-likeness (QED) is 0.589. The van der Waals surface area contributed by atoms with Crippen molar-refractivity contribution in [2.24, 2.45) is 10.7 Å². The van der Waals surface area contributed by atoms with Crippen LogP contribution < -0.4 is 20.7 Å². The average Bonchev–Trinajstić information content (AvgIpc) is 3.46. The lowest BCUT2D eigenvalue weighted by Gasteiger charge is -2.36. The van der Waals surface area contributed by atoms with Gasteiger partial charge >= 0.3 is 0 Å². The van der Waals surface area contributed by atoms with Gasteiger partial charge in [0.2, 0.25) is 5.91 Å². The first-order valence-electron chi connectivity index (χ1n) is 13.1. The summed E-state index contributed by atoms with van der Waals surface area (Å²) in [7, 11) is 0. The molecule has 1 aromatic carbocycles. The van der Waals surface area contributed by atoms with E-state index in [0.717, 1.165) is 43.4 Å². The predicted molar refractivity (Wildman–Crippen MR) is 140 cm³/mol. The zero-order valence-electron chi connectivity index (χ0n) is 20.8. The third-order valence-electron chi connectivity index (χ3n) is 7.63. The normalized spacial score (nSPS) is 23.2. The van der Waals surface area contributed by atoms with Gasteiger partial charge in [0.05, 0.1) is 5.57 Å². The van der Waals surface area contributed by atoms with E-state index >= 15 is 0 Å². The van der Waals surface area contributed by atoms with E-state index in [0.29, 0.717) is 24.5 Å². The first-order chi connectivity index (χ1) is 17.6. The molecule has 3 aliphatic heterocycles. The molecule has 192 valence electrons. The lowest BCUT2D eigenvalue weighted by molar-refractivity contribution is -0.133. The van der Waals surface area contributed by atoms with Gasteiger partial charge in [-0.1, -0.05) is 12.8 Å². The maximum absolute atomic E-state index is 13.0. The van der Waals surface area contributed by atoms with Crippen molar-refractivity contribution in [2.45, 2.75) is 50.7 Å². The SMILES string of the molecule is NC/C(C(=O)N1CCN(c2ccc(OC3CCN(C4CCCC4)CC3)cc2)C(=O)C1)=C1/N=CC=CN1. The van der Waals surface area contributed by atoms with E-state index in [4.69, 9.17) is 10.5 Å². The van der Waals surface area contributed by atoms with Crippen LogP contribution in [0.15, 0.2) is 52.9 Å². The molecule has 1 saturated carbocycles. The molecule has 0 aromatic heterocycles. The molecule has 9 nitrogen and oxygen atoms in total. The van der Waals surface area contributed by atoms with E-state index < -0.39 is 0 Å². The molecule has 0 bridgehead atoms. The number of anilines is 1. The topological polar surface area (TPSA) is 104 Å². The number of benzene rings is 1. The minimum Gasteiger partial charge on any atom is -0.490 e. The average molecular weight is 493 g/mol. The Morgan fingerprint density at radius 2 is 1.81 bits per heavy atom. The number of hydrogen-bond donors (Lipinski definition) is 2. The lowest BCUT2D eigenvalue weighted by atomic mass is 10.0. The van der Waals surface area contributed by atoms with Gasteiger partial charge in [-0.15, -0.1) is 0 Å². The van der Waals surface area contributed by atoms with Gasteiger partial charge in [0, 0.05) is 56.9 Å². The van der Waals surface area contributed by atoms with Gasteiger partial charge in [0.15, 0.2) is 0 Å². The molecule has 2 amide bonds. The van der Waals surface area contributed by atoms with Gasteiger partial charge in [-0.2, -0.15) is 0 Å². The zero-order chi connectivity index (χ0) is 24.9. The summed E-state index contributed by atoms with van der Waals surface area (Å²) in [5, 5.41) is 2.95. The van der Waals surface area contributed by atoms with Crippen LogP contribution in [-0.2, 0) is 9.59 Å². The molecular weight excluding hydrogens is 456 g/mol. The Labute approximate surface area is 212 Å². The van der Waals surface area contributed by atoms with Crippen molar-refractivity contribution in [1.82, 2.24) is 15.1 Å². The van der Waals surface area contributed by atoms with E-state index in [-0.39, 0.29) is 31.0 Å². The maximum Gasteiger partial charge on any atom is 0.255 e. The van der Waals surface area contributed by atoms with Crippen LogP contribution in [-0.4, -0.2) is 79.2 Å². The number of nitrogens with one attached hydrogen (secondary N) is 1. The first-order valence-corrected chi connectivity index (χ1v) is 13.1. The fourth-order valence-electron chi connectivity index (χ4n) is 5.61. The Morgan fingerprint density at radius 3 is 2.44 bits per heavy atom. The summed E-state index contributed by atoms with van der Waals surface area (Å²) in [6.45, 7) is 3.14. The van der Waals surface area contributed by atoms with Gasteiger partial charge in [-0.05, 0) is 56.0 Å². The van der Waals surface area contributed by atoms with Crippen LogP contribution in [0, 0.1) is 0 Å². The molecule has 2 saturated heterocycles. The number of amides is 2. The molecule has 3 heterocycles. The Bertz CT molecular complexity index is 1040. The van der Waals surface area contributed by atoms with Crippen LogP contribution in [0.1, 0.15) is 38.5 Å². The summed E-state index contributed by atoms with van der Waals surface area (Å²) in [6, 6.07) is 8.53. The third kappa shape index (κ3) is 5.47. The molecule has 3 N–H and O–H groups in total. The van der Waals surface area contributed by atoms with Crippen LogP contribution >= 0.6 is 0 Å². The van der Waals surface area contributed by atoms with Crippen molar-refractivity contribution in [3.8, 4) is 5.75 Å². The number of carbonyl (C=O) groups is 2. The second-order valence-electron chi connectivity index (χ2n) is 9.87. The second-order valence-corrected chi connectivity index (χ2v) is 9.87.